The maximum atomic E-state index is 12.7. The lowest BCUT2D eigenvalue weighted by atomic mass is 10.1. The molecule has 84 valence electrons. The van der Waals surface area contributed by atoms with E-state index in [1.54, 1.807) is 19.1 Å². The van der Waals surface area contributed by atoms with Crippen LogP contribution in [-0.2, 0) is 0 Å². The molecule has 0 aromatic carbocycles. The van der Waals surface area contributed by atoms with Gasteiger partial charge in [0.05, 0.1) is 7.11 Å². The zero-order valence-corrected chi connectivity index (χ0v) is 8.71. The molecule has 0 aliphatic rings. The van der Waals surface area contributed by atoms with Gasteiger partial charge in [0.1, 0.15) is 17.5 Å². The highest BCUT2D eigenvalue weighted by Gasteiger charge is 2.25. The van der Waals surface area contributed by atoms with Gasteiger partial charge in [-0.25, -0.2) is 8.78 Å². The Morgan fingerprint density at radius 2 is 2.27 bits per heavy atom. The quantitative estimate of drug-likeness (QED) is 0.817. The van der Waals surface area contributed by atoms with Gasteiger partial charge in [0, 0.05) is 6.20 Å². The third-order valence-electron chi connectivity index (χ3n) is 1.99. The minimum Gasteiger partial charge on any atom is -0.495 e. The monoisotopic (exact) mass is 216 g/mol. The summed E-state index contributed by atoms with van der Waals surface area (Å²) < 4.78 is 30.4. The van der Waals surface area contributed by atoms with Gasteiger partial charge in [-0.15, -0.1) is 0 Å². The van der Waals surface area contributed by atoms with Gasteiger partial charge in [0.25, 0.3) is 6.43 Å². The first-order chi connectivity index (χ1) is 7.20. The minimum atomic E-state index is -2.51. The number of aromatic nitrogens is 1. The van der Waals surface area contributed by atoms with E-state index >= 15 is 0 Å². The number of pyridine rings is 1. The van der Waals surface area contributed by atoms with Gasteiger partial charge in [-0.3, -0.25) is 4.98 Å². The van der Waals surface area contributed by atoms with E-state index in [0.717, 1.165) is 0 Å². The molecule has 1 unspecified atom stereocenters. The molecule has 0 amide bonds. The number of methoxy groups -OCH3 is 1. The lowest BCUT2D eigenvalue weighted by Crippen LogP contribution is -2.28. The number of ether oxygens (including phenoxy) is 1. The van der Waals surface area contributed by atoms with Crippen molar-refractivity contribution in [1.29, 1.82) is 0 Å². The summed E-state index contributed by atoms with van der Waals surface area (Å²) in [6, 6.07) is 2.19. The Hall–Kier alpha value is -1.23. The van der Waals surface area contributed by atoms with Crippen LogP contribution in [0.1, 0.15) is 18.7 Å². The molecule has 0 bridgehead atoms. The van der Waals surface area contributed by atoms with Gasteiger partial charge < -0.3 is 10.1 Å². The van der Waals surface area contributed by atoms with E-state index in [2.05, 4.69) is 10.3 Å². The van der Waals surface area contributed by atoms with Crippen molar-refractivity contribution in [2.24, 2.45) is 0 Å². The van der Waals surface area contributed by atoms with E-state index in [1.165, 1.54) is 13.3 Å². The van der Waals surface area contributed by atoms with Crippen molar-refractivity contribution in [3.8, 4) is 5.75 Å². The average Bonchev–Trinajstić information content (AvgIpc) is 2.25. The standard InChI is InChI=1S/C10H14F2N2O/c1-3-13-9(10(11)12)8-7(15-2)5-4-6-14-8/h4-6,9-10,13H,3H2,1-2H3. The molecule has 5 heteroatoms. The van der Waals surface area contributed by atoms with E-state index < -0.39 is 12.5 Å². The summed E-state index contributed by atoms with van der Waals surface area (Å²) in [6.07, 6.45) is -1.03. The van der Waals surface area contributed by atoms with Gasteiger partial charge >= 0.3 is 0 Å². The van der Waals surface area contributed by atoms with Gasteiger partial charge in [0.2, 0.25) is 0 Å². The molecule has 0 saturated carbocycles. The first-order valence-electron chi connectivity index (χ1n) is 4.71. The van der Waals surface area contributed by atoms with Gasteiger partial charge in [-0.1, -0.05) is 6.92 Å². The second-order valence-electron chi connectivity index (χ2n) is 2.96. The number of rotatable bonds is 5. The van der Waals surface area contributed by atoms with Crippen molar-refractivity contribution < 1.29 is 13.5 Å². The molecule has 0 saturated heterocycles. The van der Waals surface area contributed by atoms with Crippen LogP contribution in [0.2, 0.25) is 0 Å². The summed E-state index contributed by atoms with van der Waals surface area (Å²) in [6.45, 7) is 2.22. The Morgan fingerprint density at radius 3 is 2.80 bits per heavy atom. The third-order valence-corrected chi connectivity index (χ3v) is 1.99. The summed E-state index contributed by atoms with van der Waals surface area (Å²) in [7, 11) is 1.44. The zero-order chi connectivity index (χ0) is 11.3. The van der Waals surface area contributed by atoms with Crippen LogP contribution < -0.4 is 10.1 Å². The van der Waals surface area contributed by atoms with Gasteiger partial charge in [-0.2, -0.15) is 0 Å². The third kappa shape index (κ3) is 2.86. The molecular weight excluding hydrogens is 202 g/mol. The Balaban J connectivity index is 2.98. The minimum absolute atomic E-state index is 0.247. The summed E-state index contributed by atoms with van der Waals surface area (Å²) in [5.41, 5.74) is 0.247. The molecule has 1 atom stereocenters. The second-order valence-corrected chi connectivity index (χ2v) is 2.96. The second kappa shape index (κ2) is 5.60. The normalized spacial score (nSPS) is 12.9. The van der Waals surface area contributed by atoms with Crippen molar-refractivity contribution in [3.63, 3.8) is 0 Å². The molecule has 3 nitrogen and oxygen atoms in total. The molecule has 0 spiro atoms. The van der Waals surface area contributed by atoms with Crippen LogP contribution in [0.4, 0.5) is 8.78 Å². The fourth-order valence-electron chi connectivity index (χ4n) is 1.33. The van der Waals surface area contributed by atoms with Crippen LogP contribution in [0.25, 0.3) is 0 Å². The predicted octanol–water partition coefficient (Wildman–Crippen LogP) is 2.01. The smallest absolute Gasteiger partial charge is 0.259 e. The Kier molecular flexibility index (Phi) is 4.42. The van der Waals surface area contributed by atoms with Crippen LogP contribution >= 0.6 is 0 Å². The Labute approximate surface area is 87.5 Å². The molecule has 1 rings (SSSR count). The van der Waals surface area contributed by atoms with Crippen molar-refractivity contribution >= 4 is 0 Å². The molecule has 1 N–H and O–H groups in total. The van der Waals surface area contributed by atoms with Crippen LogP contribution in [0.15, 0.2) is 18.3 Å². The molecule has 0 aliphatic carbocycles. The SMILES string of the molecule is CCNC(c1ncccc1OC)C(F)F. The zero-order valence-electron chi connectivity index (χ0n) is 8.71. The molecule has 0 radical (unpaired) electrons. The van der Waals surface area contributed by atoms with Crippen LogP contribution in [0, 0.1) is 0 Å². The van der Waals surface area contributed by atoms with Gasteiger partial charge in [0.15, 0.2) is 0 Å². The number of alkyl halides is 2. The topological polar surface area (TPSA) is 34.2 Å². The number of nitrogens with zero attached hydrogens (tertiary/aromatic N) is 1. The largest absolute Gasteiger partial charge is 0.495 e. The molecule has 15 heavy (non-hydrogen) atoms. The number of nitrogens with one attached hydrogen (secondary N) is 1. The number of hydrogen-bond acceptors (Lipinski definition) is 3. The highest BCUT2D eigenvalue weighted by atomic mass is 19.3. The summed E-state index contributed by atoms with van der Waals surface area (Å²) in [5, 5.41) is 2.68. The number of hydrogen-bond donors (Lipinski definition) is 1. The first kappa shape index (κ1) is 11.8. The highest BCUT2D eigenvalue weighted by molar-refractivity contribution is 5.29. The van der Waals surface area contributed by atoms with E-state index in [9.17, 15) is 8.78 Å². The van der Waals surface area contributed by atoms with E-state index in [4.69, 9.17) is 4.74 Å². The first-order valence-corrected chi connectivity index (χ1v) is 4.71. The van der Waals surface area contributed by atoms with E-state index in [0.29, 0.717) is 12.3 Å². The lowest BCUT2D eigenvalue weighted by Gasteiger charge is -2.18. The van der Waals surface area contributed by atoms with Crippen LogP contribution in [-0.4, -0.2) is 25.1 Å². The molecule has 1 heterocycles. The van der Waals surface area contributed by atoms with Crippen molar-refractivity contribution in [2.75, 3.05) is 13.7 Å². The fourth-order valence-corrected chi connectivity index (χ4v) is 1.33. The average molecular weight is 216 g/mol. The molecule has 0 aliphatic heterocycles. The summed E-state index contributed by atoms with van der Waals surface area (Å²) in [4.78, 5) is 3.92. The molecule has 1 aromatic rings. The Morgan fingerprint density at radius 1 is 1.53 bits per heavy atom. The van der Waals surface area contributed by atoms with E-state index in [-0.39, 0.29) is 5.69 Å². The fraction of sp³-hybridized carbons (Fsp3) is 0.500. The van der Waals surface area contributed by atoms with Crippen molar-refractivity contribution in [1.82, 2.24) is 10.3 Å². The predicted molar refractivity (Wildman–Crippen MR) is 53.2 cm³/mol. The van der Waals surface area contributed by atoms with E-state index in [1.807, 2.05) is 0 Å². The maximum absolute atomic E-state index is 12.7. The summed E-state index contributed by atoms with van der Waals surface area (Å²) in [5.74, 6) is 0.378. The maximum Gasteiger partial charge on any atom is 0.259 e. The van der Waals surface area contributed by atoms with Crippen molar-refractivity contribution in [2.45, 2.75) is 19.4 Å². The Bertz CT molecular complexity index is 307. The summed E-state index contributed by atoms with van der Waals surface area (Å²) >= 11 is 0. The van der Waals surface area contributed by atoms with Crippen molar-refractivity contribution in [3.05, 3.63) is 24.0 Å². The van der Waals surface area contributed by atoms with Gasteiger partial charge in [-0.05, 0) is 18.7 Å². The molecule has 0 fully saturated rings. The molecular formula is C10H14F2N2O. The van der Waals surface area contributed by atoms with Crippen LogP contribution in [0.5, 0.6) is 5.75 Å². The number of halogens is 2. The molecule has 1 aromatic heterocycles. The lowest BCUT2D eigenvalue weighted by molar-refractivity contribution is 0.0959. The van der Waals surface area contributed by atoms with Crippen LogP contribution in [0.3, 0.4) is 0 Å². The highest BCUT2D eigenvalue weighted by Crippen LogP contribution is 2.26.